The molecular weight excluding hydrogens is 226 g/mol. The van der Waals surface area contributed by atoms with Crippen molar-refractivity contribution in [2.75, 3.05) is 13.1 Å². The van der Waals surface area contributed by atoms with Gasteiger partial charge in [0.05, 0.1) is 0 Å². The fourth-order valence-electron chi connectivity index (χ4n) is 3.92. The third-order valence-electron chi connectivity index (χ3n) is 4.94. The molecule has 2 rings (SSSR count). The summed E-state index contributed by atoms with van der Waals surface area (Å²) >= 11 is 0. The van der Waals surface area contributed by atoms with Gasteiger partial charge in [-0.1, -0.05) is 13.8 Å². The topological polar surface area (TPSA) is 40.5 Å². The Kier molecular flexibility index (Phi) is 4.66. The Labute approximate surface area is 111 Å². The Morgan fingerprint density at radius 1 is 1.28 bits per heavy atom. The normalized spacial score (nSPS) is 37.9. The van der Waals surface area contributed by atoms with Crippen LogP contribution in [0.15, 0.2) is 0 Å². The fraction of sp³-hybridized carbons (Fsp3) is 0.933. The summed E-state index contributed by atoms with van der Waals surface area (Å²) in [6.45, 7) is 7.08. The summed E-state index contributed by atoms with van der Waals surface area (Å²) in [5.74, 6) is 1.68. The summed E-state index contributed by atoms with van der Waals surface area (Å²) in [6.07, 6.45) is 6.48. The maximum Gasteiger partial charge on any atom is 0.303 e. The molecule has 0 aromatic heterocycles. The number of aliphatic carboxylic acids is 1. The Hall–Kier alpha value is -0.570. The smallest absolute Gasteiger partial charge is 0.303 e. The standard InChI is InChI=1S/C15H27NO2/c1-11-3-5-14(12(2)9-11)16-8-7-13(10-16)4-6-15(17)18/h11-14H,3-10H2,1-2H3,(H,17,18). The second-order valence-corrected chi connectivity index (χ2v) is 6.54. The Morgan fingerprint density at radius 3 is 2.72 bits per heavy atom. The quantitative estimate of drug-likeness (QED) is 0.837. The second-order valence-electron chi connectivity index (χ2n) is 6.54. The number of rotatable bonds is 4. The van der Waals surface area contributed by atoms with E-state index in [1.807, 2.05) is 0 Å². The Balaban J connectivity index is 1.79. The van der Waals surface area contributed by atoms with Crippen molar-refractivity contribution < 1.29 is 9.90 Å². The van der Waals surface area contributed by atoms with E-state index in [9.17, 15) is 4.79 Å². The molecule has 0 aromatic rings. The van der Waals surface area contributed by atoms with Gasteiger partial charge in [0.15, 0.2) is 0 Å². The molecule has 18 heavy (non-hydrogen) atoms. The van der Waals surface area contributed by atoms with Gasteiger partial charge in [-0.3, -0.25) is 9.69 Å². The van der Waals surface area contributed by atoms with Crippen LogP contribution >= 0.6 is 0 Å². The first kappa shape index (κ1) is 13.9. The van der Waals surface area contributed by atoms with Crippen LogP contribution in [-0.4, -0.2) is 35.1 Å². The summed E-state index contributed by atoms with van der Waals surface area (Å²) in [7, 11) is 0. The van der Waals surface area contributed by atoms with Crippen LogP contribution in [0.2, 0.25) is 0 Å². The molecule has 0 aromatic carbocycles. The first-order chi connectivity index (χ1) is 8.56. The maximum absolute atomic E-state index is 10.6. The molecular formula is C15H27NO2. The monoisotopic (exact) mass is 253 g/mol. The molecule has 1 saturated carbocycles. The van der Waals surface area contributed by atoms with Gasteiger partial charge in [-0.2, -0.15) is 0 Å². The van der Waals surface area contributed by atoms with E-state index in [0.717, 1.165) is 30.8 Å². The summed E-state index contributed by atoms with van der Waals surface area (Å²) in [5.41, 5.74) is 0. The largest absolute Gasteiger partial charge is 0.481 e. The highest BCUT2D eigenvalue weighted by molar-refractivity contribution is 5.66. The van der Waals surface area contributed by atoms with Crippen LogP contribution < -0.4 is 0 Å². The summed E-state index contributed by atoms with van der Waals surface area (Å²) in [6, 6.07) is 0.760. The molecule has 0 amide bonds. The van der Waals surface area contributed by atoms with Crippen molar-refractivity contribution in [2.24, 2.45) is 17.8 Å². The van der Waals surface area contributed by atoms with Crippen LogP contribution in [0.1, 0.15) is 52.4 Å². The van der Waals surface area contributed by atoms with Gasteiger partial charge >= 0.3 is 5.97 Å². The fourth-order valence-corrected chi connectivity index (χ4v) is 3.92. The molecule has 3 nitrogen and oxygen atoms in total. The van der Waals surface area contributed by atoms with Gasteiger partial charge in [-0.25, -0.2) is 0 Å². The summed E-state index contributed by atoms with van der Waals surface area (Å²) in [5, 5.41) is 8.75. The lowest BCUT2D eigenvalue weighted by atomic mass is 9.79. The lowest BCUT2D eigenvalue weighted by Crippen LogP contribution is -2.41. The summed E-state index contributed by atoms with van der Waals surface area (Å²) < 4.78 is 0. The number of hydrogen-bond acceptors (Lipinski definition) is 2. The Morgan fingerprint density at radius 2 is 2.06 bits per heavy atom. The van der Waals surface area contributed by atoms with E-state index < -0.39 is 5.97 Å². The first-order valence-electron chi connectivity index (χ1n) is 7.52. The zero-order valence-electron chi connectivity index (χ0n) is 11.8. The average molecular weight is 253 g/mol. The molecule has 0 spiro atoms. The van der Waals surface area contributed by atoms with E-state index in [-0.39, 0.29) is 0 Å². The molecule has 2 aliphatic rings. The third kappa shape index (κ3) is 3.47. The molecule has 4 atom stereocenters. The van der Waals surface area contributed by atoms with Crippen LogP contribution in [0.4, 0.5) is 0 Å². The molecule has 1 aliphatic carbocycles. The lowest BCUT2D eigenvalue weighted by Gasteiger charge is -2.38. The van der Waals surface area contributed by atoms with Crippen LogP contribution in [0.25, 0.3) is 0 Å². The van der Waals surface area contributed by atoms with Crippen molar-refractivity contribution in [3.05, 3.63) is 0 Å². The van der Waals surface area contributed by atoms with Gasteiger partial charge in [0.25, 0.3) is 0 Å². The average Bonchev–Trinajstić information content (AvgIpc) is 2.75. The van der Waals surface area contributed by atoms with Gasteiger partial charge in [0.2, 0.25) is 0 Å². The minimum Gasteiger partial charge on any atom is -0.481 e. The lowest BCUT2D eigenvalue weighted by molar-refractivity contribution is -0.137. The highest BCUT2D eigenvalue weighted by atomic mass is 16.4. The molecule has 1 heterocycles. The number of carboxylic acids is 1. The third-order valence-corrected chi connectivity index (χ3v) is 4.94. The van der Waals surface area contributed by atoms with Crippen LogP contribution in [0.3, 0.4) is 0 Å². The number of nitrogens with zero attached hydrogens (tertiary/aromatic N) is 1. The van der Waals surface area contributed by atoms with Crippen molar-refractivity contribution in [3.63, 3.8) is 0 Å². The van der Waals surface area contributed by atoms with Crippen molar-refractivity contribution in [1.29, 1.82) is 0 Å². The van der Waals surface area contributed by atoms with Crippen molar-refractivity contribution >= 4 is 5.97 Å². The van der Waals surface area contributed by atoms with E-state index in [1.165, 1.54) is 32.2 Å². The summed E-state index contributed by atoms with van der Waals surface area (Å²) in [4.78, 5) is 13.3. The van der Waals surface area contributed by atoms with E-state index in [4.69, 9.17) is 5.11 Å². The molecule has 1 saturated heterocycles. The van der Waals surface area contributed by atoms with Crippen LogP contribution in [0, 0.1) is 17.8 Å². The Bertz CT molecular complexity index is 292. The van der Waals surface area contributed by atoms with Gasteiger partial charge in [0, 0.05) is 19.0 Å². The predicted molar refractivity (Wildman–Crippen MR) is 72.5 cm³/mol. The van der Waals surface area contributed by atoms with Gasteiger partial charge in [-0.05, 0) is 56.4 Å². The second kappa shape index (κ2) is 6.05. The molecule has 1 N–H and O–H groups in total. The molecule has 3 heteroatoms. The predicted octanol–water partition coefficient (Wildman–Crippen LogP) is 3.00. The number of carbonyl (C=O) groups is 1. The highest BCUT2D eigenvalue weighted by Gasteiger charge is 2.34. The van der Waals surface area contributed by atoms with Gasteiger partial charge < -0.3 is 5.11 Å². The van der Waals surface area contributed by atoms with Crippen molar-refractivity contribution in [3.8, 4) is 0 Å². The molecule has 1 aliphatic heterocycles. The van der Waals surface area contributed by atoms with Crippen molar-refractivity contribution in [1.82, 2.24) is 4.90 Å². The number of carboxylic acid groups (broad SMARTS) is 1. The molecule has 2 fully saturated rings. The van der Waals surface area contributed by atoms with Gasteiger partial charge in [-0.15, -0.1) is 0 Å². The van der Waals surface area contributed by atoms with E-state index in [1.54, 1.807) is 0 Å². The SMILES string of the molecule is CC1CCC(N2CCC(CCC(=O)O)C2)C(C)C1. The van der Waals surface area contributed by atoms with E-state index >= 15 is 0 Å². The molecule has 4 unspecified atom stereocenters. The van der Waals surface area contributed by atoms with Crippen LogP contribution in [-0.2, 0) is 4.79 Å². The maximum atomic E-state index is 10.6. The minimum absolute atomic E-state index is 0.343. The zero-order chi connectivity index (χ0) is 13.1. The highest BCUT2D eigenvalue weighted by Crippen LogP contribution is 2.35. The first-order valence-corrected chi connectivity index (χ1v) is 7.52. The molecule has 0 radical (unpaired) electrons. The van der Waals surface area contributed by atoms with E-state index in [2.05, 4.69) is 18.7 Å². The van der Waals surface area contributed by atoms with E-state index in [0.29, 0.717) is 12.3 Å². The van der Waals surface area contributed by atoms with Crippen LogP contribution in [0.5, 0.6) is 0 Å². The van der Waals surface area contributed by atoms with Crippen molar-refractivity contribution in [2.45, 2.75) is 58.4 Å². The minimum atomic E-state index is -0.645. The number of hydrogen-bond donors (Lipinski definition) is 1. The molecule has 0 bridgehead atoms. The number of likely N-dealkylation sites (tertiary alicyclic amines) is 1. The zero-order valence-corrected chi connectivity index (χ0v) is 11.8. The molecule has 104 valence electrons. The van der Waals surface area contributed by atoms with Gasteiger partial charge in [0.1, 0.15) is 0 Å².